The van der Waals surface area contributed by atoms with Crippen molar-refractivity contribution < 1.29 is 40.6 Å². The van der Waals surface area contributed by atoms with Gasteiger partial charge in [-0.1, -0.05) is 55.0 Å². The van der Waals surface area contributed by atoms with E-state index in [1.54, 1.807) is 25.3 Å². The molecule has 256 valence electrons. The number of halogens is 7. The van der Waals surface area contributed by atoms with Gasteiger partial charge < -0.3 is 14.2 Å². The molecule has 0 amide bonds. The summed E-state index contributed by atoms with van der Waals surface area (Å²) in [4.78, 5) is 0. The summed E-state index contributed by atoms with van der Waals surface area (Å²) in [5.41, 5.74) is -1.79. The molecule has 0 aliphatic carbocycles. The Balaban J connectivity index is 0.000000449. The maximum absolute atomic E-state index is 15.3. The van der Waals surface area contributed by atoms with E-state index in [1.165, 1.54) is 56.7 Å². The van der Waals surface area contributed by atoms with Crippen LogP contribution in [0.15, 0.2) is 89.4 Å². The Labute approximate surface area is 289 Å². The van der Waals surface area contributed by atoms with Gasteiger partial charge in [-0.2, -0.15) is 10.5 Å². The van der Waals surface area contributed by atoms with Crippen LogP contribution < -0.4 is 14.2 Å². The summed E-state index contributed by atoms with van der Waals surface area (Å²) in [6.45, 7) is 0. The molecule has 0 saturated carbocycles. The molecule has 0 heterocycles. The van der Waals surface area contributed by atoms with Crippen LogP contribution in [0, 0.1) is 57.6 Å². The van der Waals surface area contributed by atoms with Crippen molar-refractivity contribution in [2.24, 2.45) is 0 Å². The second-order valence-corrected chi connectivity index (χ2v) is 10.1. The number of rotatable bonds is 5. The maximum atomic E-state index is 15.3. The second kappa shape index (κ2) is 19.4. The Morgan fingerprint density at radius 3 is 1.37 bits per heavy atom. The Morgan fingerprint density at radius 1 is 0.531 bits per heavy atom. The van der Waals surface area contributed by atoms with Crippen LogP contribution >= 0.6 is 15.9 Å². The highest BCUT2D eigenvalue weighted by atomic mass is 79.9. The molecule has 0 radical (unpaired) electrons. The van der Waals surface area contributed by atoms with Gasteiger partial charge in [0.15, 0.2) is 23.3 Å². The van der Waals surface area contributed by atoms with Gasteiger partial charge in [-0.15, -0.1) is 0 Å². The van der Waals surface area contributed by atoms with Gasteiger partial charge in [0.2, 0.25) is 0 Å². The topological polar surface area (TPSA) is 75.3 Å². The molecule has 5 aromatic carbocycles. The number of benzene rings is 5. The minimum atomic E-state index is -1.41. The Bertz CT molecular complexity index is 1920. The number of nitrogens with zero attached hydrogens (tertiary/aromatic N) is 2. The number of hydrogen-bond donors (Lipinski definition) is 0. The second-order valence-electron chi connectivity index (χ2n) is 9.15. The van der Waals surface area contributed by atoms with Crippen molar-refractivity contribution in [1.29, 1.82) is 10.5 Å². The molecule has 0 unspecified atom stereocenters. The van der Waals surface area contributed by atoms with Crippen molar-refractivity contribution in [3.8, 4) is 51.6 Å². The lowest BCUT2D eigenvalue weighted by atomic mass is 9.93. The standard InChI is InChI=1S/C21H14F3NO2.C7H7BrO.C7H2F3N.2CH4/c1-26-14-7-3-12(4-8-14)17-16(11-25)19(22)21(24)18(20(17)23)13-5-9-15(27-2)10-6-13;1-9-7-4-2-6(8)3-5-7;8-5-1-4(3-11)7(10)6(9)2-5;;/h3-10H,1-2H3;2-5H,1H3;1-2H;2*1H4. The number of ether oxygens (including phenoxy) is 3. The van der Waals surface area contributed by atoms with Crippen LogP contribution in [0.1, 0.15) is 26.0 Å². The van der Waals surface area contributed by atoms with E-state index >= 15 is 4.39 Å². The van der Waals surface area contributed by atoms with Crippen LogP contribution in [0.4, 0.5) is 26.3 Å². The van der Waals surface area contributed by atoms with Gasteiger partial charge >= 0.3 is 0 Å². The number of nitriles is 2. The molecular formula is C37H31BrF6N2O3. The molecule has 5 nitrogen and oxygen atoms in total. The first-order valence-electron chi connectivity index (χ1n) is 13.2. The fourth-order valence-corrected chi connectivity index (χ4v) is 4.28. The lowest BCUT2D eigenvalue weighted by Gasteiger charge is -2.14. The minimum Gasteiger partial charge on any atom is -0.497 e. The third kappa shape index (κ3) is 10.3. The van der Waals surface area contributed by atoms with E-state index in [1.807, 2.05) is 24.3 Å². The average molecular weight is 746 g/mol. The van der Waals surface area contributed by atoms with E-state index in [9.17, 15) is 27.2 Å². The zero-order valence-electron chi connectivity index (χ0n) is 24.8. The van der Waals surface area contributed by atoms with E-state index in [4.69, 9.17) is 19.5 Å². The quantitative estimate of drug-likeness (QED) is 0.132. The van der Waals surface area contributed by atoms with Gasteiger partial charge in [0.1, 0.15) is 46.6 Å². The molecule has 0 fully saturated rings. The molecule has 0 N–H and O–H groups in total. The van der Waals surface area contributed by atoms with E-state index < -0.39 is 51.6 Å². The number of hydrogen-bond acceptors (Lipinski definition) is 5. The summed E-state index contributed by atoms with van der Waals surface area (Å²) < 4.78 is 97.4. The molecule has 5 rings (SSSR count). The molecule has 49 heavy (non-hydrogen) atoms. The normalized spacial score (nSPS) is 9.47. The van der Waals surface area contributed by atoms with E-state index in [0.717, 1.165) is 10.2 Å². The van der Waals surface area contributed by atoms with Crippen LogP contribution in [-0.4, -0.2) is 21.3 Å². The van der Waals surface area contributed by atoms with Crippen LogP contribution in [0.25, 0.3) is 22.3 Å². The molecule has 5 aromatic rings. The molecule has 0 bridgehead atoms. The fraction of sp³-hybridized carbons (Fsp3) is 0.135. The molecule has 0 aliphatic heterocycles. The average Bonchev–Trinajstić information content (AvgIpc) is 3.09. The smallest absolute Gasteiger partial charge is 0.178 e. The van der Waals surface area contributed by atoms with Crippen LogP contribution in [0.2, 0.25) is 0 Å². The Morgan fingerprint density at radius 2 is 0.959 bits per heavy atom. The SMILES string of the molecule is C.C.COc1ccc(-c2c(F)c(F)c(C#N)c(-c3ccc(OC)cc3)c2F)cc1.COc1ccc(Br)cc1.N#Cc1cc(F)cc(F)c1F. The molecule has 0 spiro atoms. The third-order valence-corrected chi connectivity index (χ3v) is 6.88. The highest BCUT2D eigenvalue weighted by molar-refractivity contribution is 9.10. The first-order valence-corrected chi connectivity index (χ1v) is 14.0. The summed E-state index contributed by atoms with van der Waals surface area (Å²) in [7, 11) is 4.58. The lowest BCUT2D eigenvalue weighted by Crippen LogP contribution is -2.03. The van der Waals surface area contributed by atoms with E-state index in [-0.39, 0.29) is 31.5 Å². The summed E-state index contributed by atoms with van der Waals surface area (Å²) in [6.07, 6.45) is 0. The molecule has 0 atom stereocenters. The number of methoxy groups -OCH3 is 3. The van der Waals surface area contributed by atoms with Crippen molar-refractivity contribution in [2.45, 2.75) is 14.9 Å². The van der Waals surface area contributed by atoms with Crippen molar-refractivity contribution in [1.82, 2.24) is 0 Å². The fourth-order valence-electron chi connectivity index (χ4n) is 4.01. The van der Waals surface area contributed by atoms with Crippen molar-refractivity contribution in [3.63, 3.8) is 0 Å². The highest BCUT2D eigenvalue weighted by Crippen LogP contribution is 2.38. The van der Waals surface area contributed by atoms with Crippen molar-refractivity contribution in [3.05, 3.63) is 135 Å². The lowest BCUT2D eigenvalue weighted by molar-refractivity contribution is 0.414. The van der Waals surface area contributed by atoms with Crippen molar-refractivity contribution >= 4 is 15.9 Å². The molecule has 0 aliphatic rings. The van der Waals surface area contributed by atoms with Gasteiger partial charge in [0.25, 0.3) is 0 Å². The largest absolute Gasteiger partial charge is 0.497 e. The van der Waals surface area contributed by atoms with Crippen LogP contribution in [0.3, 0.4) is 0 Å². The predicted octanol–water partition coefficient (Wildman–Crippen LogP) is 11.0. The molecule has 0 saturated heterocycles. The maximum Gasteiger partial charge on any atom is 0.178 e. The minimum absolute atomic E-state index is 0. The van der Waals surface area contributed by atoms with Gasteiger partial charge in [-0.25, -0.2) is 26.3 Å². The van der Waals surface area contributed by atoms with E-state index in [0.29, 0.717) is 23.6 Å². The van der Waals surface area contributed by atoms with Gasteiger partial charge in [-0.3, -0.25) is 0 Å². The van der Waals surface area contributed by atoms with E-state index in [2.05, 4.69) is 15.9 Å². The third-order valence-electron chi connectivity index (χ3n) is 6.35. The van der Waals surface area contributed by atoms with Gasteiger partial charge in [0.05, 0.1) is 32.5 Å². The predicted molar refractivity (Wildman–Crippen MR) is 180 cm³/mol. The molecular weight excluding hydrogens is 714 g/mol. The summed E-state index contributed by atoms with van der Waals surface area (Å²) in [6, 6.07) is 23.5. The highest BCUT2D eigenvalue weighted by Gasteiger charge is 2.27. The first kappa shape index (κ1) is 41.6. The van der Waals surface area contributed by atoms with Crippen LogP contribution in [-0.2, 0) is 0 Å². The summed E-state index contributed by atoms with van der Waals surface area (Å²) in [5.74, 6) is -5.54. The monoisotopic (exact) mass is 744 g/mol. The first-order chi connectivity index (χ1) is 22.5. The zero-order valence-corrected chi connectivity index (χ0v) is 26.4. The summed E-state index contributed by atoms with van der Waals surface area (Å²) >= 11 is 3.32. The molecule has 0 aromatic heterocycles. The summed E-state index contributed by atoms with van der Waals surface area (Å²) in [5, 5.41) is 17.4. The van der Waals surface area contributed by atoms with Gasteiger partial charge in [-0.05, 0) is 65.7 Å². The van der Waals surface area contributed by atoms with Gasteiger partial charge in [0, 0.05) is 16.1 Å². The van der Waals surface area contributed by atoms with Crippen molar-refractivity contribution in [2.75, 3.05) is 21.3 Å². The Kier molecular flexibility index (Phi) is 16.4. The zero-order chi connectivity index (χ0) is 34.7. The van der Waals surface area contributed by atoms with Crippen LogP contribution in [0.5, 0.6) is 17.2 Å². The molecule has 12 heteroatoms. The Hall–Kier alpha value is -5.46.